The monoisotopic (exact) mass is 493 g/mol. The normalized spacial score (nSPS) is 11.1. The summed E-state index contributed by atoms with van der Waals surface area (Å²) >= 11 is 4.92. The van der Waals surface area contributed by atoms with E-state index in [0.717, 1.165) is 4.96 Å². The molecule has 0 saturated heterocycles. The van der Waals surface area contributed by atoms with Gasteiger partial charge >= 0.3 is 0 Å². The van der Waals surface area contributed by atoms with E-state index < -0.39 is 0 Å². The third-order valence-electron chi connectivity index (χ3n) is 3.98. The quantitative estimate of drug-likeness (QED) is 0.383. The van der Waals surface area contributed by atoms with Crippen molar-refractivity contribution in [2.75, 3.05) is 27.8 Å². The van der Waals surface area contributed by atoms with Crippen molar-refractivity contribution < 1.29 is 19.1 Å². The van der Waals surface area contributed by atoms with Gasteiger partial charge in [-0.2, -0.15) is 5.10 Å². The molecule has 0 aliphatic rings. The molecule has 0 aliphatic carbocycles. The molecule has 2 aromatic heterocycles. The largest absolute Gasteiger partial charge is 0.493 e. The van der Waals surface area contributed by atoms with E-state index >= 15 is 0 Å². The van der Waals surface area contributed by atoms with Crippen LogP contribution < -0.4 is 14.9 Å². The number of thiazole rings is 1. The number of methoxy groups -OCH3 is 1. The summed E-state index contributed by atoms with van der Waals surface area (Å²) < 4.78 is 13.4. The Hall–Kier alpha value is -2.92. The number of imidazole rings is 1. The number of likely N-dealkylation sites (N-methyl/N-ethyl adjacent to an activating group) is 1. The Bertz CT molecular complexity index is 1060. The fourth-order valence-corrected chi connectivity index (χ4v) is 3.75. The second kappa shape index (κ2) is 9.72. The van der Waals surface area contributed by atoms with Gasteiger partial charge in [-0.05, 0) is 33.6 Å². The van der Waals surface area contributed by atoms with Crippen LogP contribution in [-0.2, 0) is 16.0 Å². The first-order valence-electron chi connectivity index (χ1n) is 8.81. The summed E-state index contributed by atoms with van der Waals surface area (Å²) in [5, 5.41) is 5.92. The Morgan fingerprint density at radius 2 is 2.20 bits per heavy atom. The lowest BCUT2D eigenvalue weighted by atomic mass is 10.2. The Kier molecular flexibility index (Phi) is 7.06. The van der Waals surface area contributed by atoms with E-state index in [1.165, 1.54) is 29.6 Å². The van der Waals surface area contributed by atoms with Gasteiger partial charge in [-0.1, -0.05) is 0 Å². The fraction of sp³-hybridized carbons (Fsp3) is 0.263. The molecule has 0 radical (unpaired) electrons. The summed E-state index contributed by atoms with van der Waals surface area (Å²) in [6, 6.07) is 3.44. The number of carbonyl (C=O) groups is 2. The summed E-state index contributed by atoms with van der Waals surface area (Å²) in [5.41, 5.74) is 3.84. The van der Waals surface area contributed by atoms with Crippen molar-refractivity contribution >= 4 is 50.3 Å². The molecule has 0 unspecified atom stereocenters. The first-order chi connectivity index (χ1) is 14.4. The maximum atomic E-state index is 12.1. The smallest absolute Gasteiger partial charge is 0.259 e. The molecule has 0 fully saturated rings. The van der Waals surface area contributed by atoms with Gasteiger partial charge in [0.2, 0.25) is 5.91 Å². The third kappa shape index (κ3) is 5.36. The minimum atomic E-state index is -0.273. The molecule has 3 rings (SSSR count). The molecule has 1 N–H and O–H groups in total. The molecule has 11 heteroatoms. The van der Waals surface area contributed by atoms with Crippen LogP contribution in [0.5, 0.6) is 11.5 Å². The first kappa shape index (κ1) is 21.8. The number of hydrazone groups is 1. The van der Waals surface area contributed by atoms with Crippen LogP contribution in [0.25, 0.3) is 4.96 Å². The number of benzene rings is 1. The molecule has 2 amide bonds. The number of halogens is 1. The molecule has 0 saturated carbocycles. The molecule has 0 atom stereocenters. The number of hydrogen-bond donors (Lipinski definition) is 1. The van der Waals surface area contributed by atoms with Crippen molar-refractivity contribution in [2.24, 2.45) is 5.10 Å². The molecule has 0 aliphatic heterocycles. The van der Waals surface area contributed by atoms with E-state index in [1.54, 1.807) is 26.2 Å². The van der Waals surface area contributed by atoms with Crippen LogP contribution in [0.4, 0.5) is 0 Å². The number of rotatable bonds is 8. The summed E-state index contributed by atoms with van der Waals surface area (Å²) in [4.78, 5) is 30.5. The predicted molar refractivity (Wildman–Crippen MR) is 117 cm³/mol. The minimum Gasteiger partial charge on any atom is -0.493 e. The van der Waals surface area contributed by atoms with Gasteiger partial charge < -0.3 is 14.4 Å². The number of hydrogen-bond acceptors (Lipinski definition) is 7. The molecule has 9 nitrogen and oxygen atoms in total. The topological polar surface area (TPSA) is 97.5 Å². The molecule has 2 heterocycles. The van der Waals surface area contributed by atoms with Gasteiger partial charge in [-0.15, -0.1) is 11.3 Å². The van der Waals surface area contributed by atoms with E-state index in [1.807, 2.05) is 22.2 Å². The zero-order chi connectivity index (χ0) is 21.7. The standard InChI is InChI=1S/C19H20BrN5O4S/c1-24(2)17(27)11-29-18-14(20)6-12(7-15(18)28-3)9-21-23-16(26)8-13-10-25-4-5-30-19(25)22-13/h4-7,9-10H,8,11H2,1-3H3,(H,23,26)/b21-9+. The van der Waals surface area contributed by atoms with Crippen molar-refractivity contribution in [3.8, 4) is 11.5 Å². The summed E-state index contributed by atoms with van der Waals surface area (Å²) in [6.07, 6.45) is 5.33. The van der Waals surface area contributed by atoms with E-state index in [2.05, 4.69) is 31.4 Å². The van der Waals surface area contributed by atoms with Crippen molar-refractivity contribution in [1.82, 2.24) is 19.7 Å². The van der Waals surface area contributed by atoms with Crippen LogP contribution in [0.2, 0.25) is 0 Å². The van der Waals surface area contributed by atoms with Crippen LogP contribution >= 0.6 is 27.3 Å². The average molecular weight is 494 g/mol. The lowest BCUT2D eigenvalue weighted by molar-refractivity contribution is -0.130. The Balaban J connectivity index is 1.61. The van der Waals surface area contributed by atoms with E-state index in [9.17, 15) is 9.59 Å². The van der Waals surface area contributed by atoms with Gasteiger partial charge in [0.25, 0.3) is 5.91 Å². The number of amides is 2. The number of carbonyl (C=O) groups excluding carboxylic acids is 2. The highest BCUT2D eigenvalue weighted by Crippen LogP contribution is 2.36. The number of ether oxygens (including phenoxy) is 2. The van der Waals surface area contributed by atoms with E-state index in [-0.39, 0.29) is 24.8 Å². The van der Waals surface area contributed by atoms with Crippen molar-refractivity contribution in [3.05, 3.63) is 45.6 Å². The molecule has 1 aromatic carbocycles. The average Bonchev–Trinajstić information content (AvgIpc) is 3.28. The highest BCUT2D eigenvalue weighted by Gasteiger charge is 2.14. The molecule has 158 valence electrons. The molecular weight excluding hydrogens is 474 g/mol. The second-order valence-corrected chi connectivity index (χ2v) is 8.13. The lowest BCUT2D eigenvalue weighted by Gasteiger charge is -2.15. The lowest BCUT2D eigenvalue weighted by Crippen LogP contribution is -2.27. The zero-order valence-corrected chi connectivity index (χ0v) is 19.0. The number of nitrogens with zero attached hydrogens (tertiary/aromatic N) is 4. The van der Waals surface area contributed by atoms with Gasteiger partial charge in [0.15, 0.2) is 23.1 Å². The molecule has 3 aromatic rings. The van der Waals surface area contributed by atoms with Crippen LogP contribution in [-0.4, -0.2) is 60.1 Å². The Labute approximate surface area is 185 Å². The van der Waals surface area contributed by atoms with Crippen LogP contribution in [0.1, 0.15) is 11.3 Å². The SMILES string of the molecule is COc1cc(/C=N/NC(=O)Cc2cn3ccsc3n2)cc(Br)c1OCC(=O)N(C)C. The summed E-state index contributed by atoms with van der Waals surface area (Å²) in [7, 11) is 4.81. The maximum Gasteiger partial charge on any atom is 0.259 e. The van der Waals surface area contributed by atoms with Crippen LogP contribution in [0, 0.1) is 0 Å². The van der Waals surface area contributed by atoms with E-state index in [0.29, 0.717) is 27.2 Å². The van der Waals surface area contributed by atoms with Crippen LogP contribution in [0.15, 0.2) is 39.5 Å². The molecular formula is C19H20BrN5O4S. The highest BCUT2D eigenvalue weighted by molar-refractivity contribution is 9.10. The Morgan fingerprint density at radius 1 is 1.40 bits per heavy atom. The van der Waals surface area contributed by atoms with Crippen molar-refractivity contribution in [2.45, 2.75) is 6.42 Å². The number of aromatic nitrogens is 2. The summed E-state index contributed by atoms with van der Waals surface area (Å²) in [6.45, 7) is -0.114. The molecule has 0 spiro atoms. The van der Waals surface area contributed by atoms with E-state index in [4.69, 9.17) is 9.47 Å². The predicted octanol–water partition coefficient (Wildman–Crippen LogP) is 2.33. The zero-order valence-electron chi connectivity index (χ0n) is 16.6. The number of nitrogens with one attached hydrogen (secondary N) is 1. The van der Waals surface area contributed by atoms with Gasteiger partial charge in [-0.3, -0.25) is 14.0 Å². The first-order valence-corrected chi connectivity index (χ1v) is 10.5. The van der Waals surface area contributed by atoms with Gasteiger partial charge in [0, 0.05) is 31.9 Å². The third-order valence-corrected chi connectivity index (χ3v) is 5.34. The summed E-state index contributed by atoms with van der Waals surface area (Å²) in [5.74, 6) is 0.399. The van der Waals surface area contributed by atoms with Crippen LogP contribution in [0.3, 0.4) is 0 Å². The molecule has 0 bridgehead atoms. The van der Waals surface area contributed by atoms with Gasteiger partial charge in [0.1, 0.15) is 0 Å². The number of fused-ring (bicyclic) bond motifs is 1. The maximum absolute atomic E-state index is 12.1. The van der Waals surface area contributed by atoms with Gasteiger partial charge in [0.05, 0.1) is 29.9 Å². The second-order valence-electron chi connectivity index (χ2n) is 6.41. The van der Waals surface area contributed by atoms with Gasteiger partial charge in [-0.25, -0.2) is 10.4 Å². The highest BCUT2D eigenvalue weighted by atomic mass is 79.9. The Morgan fingerprint density at radius 3 is 2.90 bits per heavy atom. The van der Waals surface area contributed by atoms with Crippen molar-refractivity contribution in [1.29, 1.82) is 0 Å². The minimum absolute atomic E-state index is 0.114. The molecule has 30 heavy (non-hydrogen) atoms. The fourth-order valence-electron chi connectivity index (χ4n) is 2.46. The van der Waals surface area contributed by atoms with Crippen molar-refractivity contribution in [3.63, 3.8) is 0 Å².